The summed E-state index contributed by atoms with van der Waals surface area (Å²) in [6, 6.07) is 3.34. The Balaban J connectivity index is 2.07. The van der Waals surface area contributed by atoms with Crippen molar-refractivity contribution in [2.24, 2.45) is 0 Å². The van der Waals surface area contributed by atoms with Crippen LogP contribution in [0.5, 0.6) is 0 Å². The number of carbonyl (C=O) groups excluding carboxylic acids is 2. The molecule has 1 unspecified atom stereocenters. The molecule has 1 N–H and O–H groups in total. The van der Waals surface area contributed by atoms with Crippen LogP contribution in [0.2, 0.25) is 0 Å². The lowest BCUT2D eigenvalue weighted by atomic mass is 10.1. The van der Waals surface area contributed by atoms with Crippen LogP contribution in [-0.2, 0) is 0 Å². The minimum absolute atomic E-state index is 0.0342. The van der Waals surface area contributed by atoms with Crippen molar-refractivity contribution in [3.8, 4) is 0 Å². The highest BCUT2D eigenvalue weighted by atomic mass is 16.2. The number of nitrogens with zero attached hydrogens (tertiary/aromatic N) is 3. The van der Waals surface area contributed by atoms with Crippen LogP contribution in [0.1, 0.15) is 41.1 Å². The molecule has 6 heteroatoms. The molecule has 1 saturated heterocycles. The molecule has 2 amide bonds. The second-order valence-corrected chi connectivity index (χ2v) is 5.81. The third kappa shape index (κ3) is 4.04. The van der Waals surface area contributed by atoms with Crippen LogP contribution in [0, 0.1) is 0 Å². The first-order valence-electron chi connectivity index (χ1n) is 7.76. The molecule has 1 aliphatic heterocycles. The van der Waals surface area contributed by atoms with Gasteiger partial charge in [0.15, 0.2) is 0 Å². The van der Waals surface area contributed by atoms with E-state index in [1.807, 2.05) is 25.8 Å². The van der Waals surface area contributed by atoms with E-state index in [1.54, 1.807) is 12.1 Å². The van der Waals surface area contributed by atoms with Crippen LogP contribution in [0.4, 0.5) is 0 Å². The third-order valence-corrected chi connectivity index (χ3v) is 4.02. The summed E-state index contributed by atoms with van der Waals surface area (Å²) < 4.78 is 0. The number of amides is 2. The van der Waals surface area contributed by atoms with E-state index in [1.165, 1.54) is 6.20 Å². The zero-order valence-electron chi connectivity index (χ0n) is 13.5. The predicted octanol–water partition coefficient (Wildman–Crippen LogP) is 0.997. The van der Waals surface area contributed by atoms with E-state index in [0.29, 0.717) is 24.3 Å². The highest BCUT2D eigenvalue weighted by Gasteiger charge is 2.21. The van der Waals surface area contributed by atoms with Gasteiger partial charge in [0.1, 0.15) is 5.69 Å². The first kappa shape index (κ1) is 16.4. The highest BCUT2D eigenvalue weighted by Crippen LogP contribution is 2.09. The molecule has 2 heterocycles. The number of hydrogen-bond donors (Lipinski definition) is 1. The third-order valence-electron chi connectivity index (χ3n) is 4.02. The zero-order chi connectivity index (χ0) is 16.1. The van der Waals surface area contributed by atoms with Gasteiger partial charge in [-0.25, -0.2) is 0 Å². The Morgan fingerprint density at radius 2 is 2.00 bits per heavy atom. The summed E-state index contributed by atoms with van der Waals surface area (Å²) in [7, 11) is 2.05. The fourth-order valence-electron chi connectivity index (χ4n) is 2.28. The summed E-state index contributed by atoms with van der Waals surface area (Å²) in [5, 5.41) is 2.86. The van der Waals surface area contributed by atoms with Crippen molar-refractivity contribution >= 4 is 11.8 Å². The van der Waals surface area contributed by atoms with Gasteiger partial charge in [-0.2, -0.15) is 0 Å². The summed E-state index contributed by atoms with van der Waals surface area (Å²) in [6.07, 6.45) is 2.38. The average Bonchev–Trinajstić information content (AvgIpc) is 2.54. The minimum atomic E-state index is -0.234. The van der Waals surface area contributed by atoms with Gasteiger partial charge < -0.3 is 15.1 Å². The molecule has 1 aliphatic rings. The standard InChI is InChI=1S/C16H24N4O2/c1-4-12(2)18-15(21)14-11-13(5-6-17-14)16(22)20-9-7-19(3)8-10-20/h5-6,11-12H,4,7-10H2,1-3H3,(H,18,21). The van der Waals surface area contributed by atoms with E-state index in [2.05, 4.69) is 15.2 Å². The number of aromatic nitrogens is 1. The predicted molar refractivity (Wildman–Crippen MR) is 84.9 cm³/mol. The van der Waals surface area contributed by atoms with Gasteiger partial charge in [0.2, 0.25) is 0 Å². The van der Waals surface area contributed by atoms with Gasteiger partial charge in [0.25, 0.3) is 11.8 Å². The van der Waals surface area contributed by atoms with Gasteiger partial charge in [-0.3, -0.25) is 14.6 Å². The van der Waals surface area contributed by atoms with Gasteiger partial charge in [-0.1, -0.05) is 6.92 Å². The van der Waals surface area contributed by atoms with Crippen LogP contribution in [0.25, 0.3) is 0 Å². The number of likely N-dealkylation sites (N-methyl/N-ethyl adjacent to an activating group) is 1. The second-order valence-electron chi connectivity index (χ2n) is 5.81. The number of pyridine rings is 1. The lowest BCUT2D eigenvalue weighted by molar-refractivity contribution is 0.0664. The average molecular weight is 304 g/mol. The summed E-state index contributed by atoms with van der Waals surface area (Å²) in [5.41, 5.74) is 0.814. The van der Waals surface area contributed by atoms with Crippen LogP contribution >= 0.6 is 0 Å². The van der Waals surface area contributed by atoms with Crippen molar-refractivity contribution in [2.75, 3.05) is 33.2 Å². The molecule has 0 radical (unpaired) electrons. The van der Waals surface area contributed by atoms with Crippen LogP contribution < -0.4 is 5.32 Å². The molecule has 1 aromatic rings. The van der Waals surface area contributed by atoms with E-state index < -0.39 is 0 Å². The van der Waals surface area contributed by atoms with Crippen molar-refractivity contribution in [3.63, 3.8) is 0 Å². The quantitative estimate of drug-likeness (QED) is 0.901. The van der Waals surface area contributed by atoms with Gasteiger partial charge in [0.05, 0.1) is 0 Å². The van der Waals surface area contributed by atoms with Crippen molar-refractivity contribution in [1.82, 2.24) is 20.1 Å². The molecule has 1 atom stereocenters. The summed E-state index contributed by atoms with van der Waals surface area (Å²) in [4.78, 5) is 32.7. The molecule has 0 spiro atoms. The Bertz CT molecular complexity index is 539. The number of piperazine rings is 1. The van der Waals surface area contributed by atoms with Crippen LogP contribution in [0.3, 0.4) is 0 Å². The van der Waals surface area contributed by atoms with Crippen molar-refractivity contribution in [1.29, 1.82) is 0 Å². The highest BCUT2D eigenvalue weighted by molar-refractivity contribution is 5.98. The fraction of sp³-hybridized carbons (Fsp3) is 0.562. The van der Waals surface area contributed by atoms with Gasteiger partial charge in [-0.15, -0.1) is 0 Å². The van der Waals surface area contributed by atoms with E-state index in [4.69, 9.17) is 0 Å². The smallest absolute Gasteiger partial charge is 0.270 e. The summed E-state index contributed by atoms with van der Waals surface area (Å²) in [6.45, 7) is 7.12. The molecule has 0 aliphatic carbocycles. The van der Waals surface area contributed by atoms with Crippen molar-refractivity contribution in [3.05, 3.63) is 29.6 Å². The van der Waals surface area contributed by atoms with Crippen molar-refractivity contribution < 1.29 is 9.59 Å². The van der Waals surface area contributed by atoms with E-state index >= 15 is 0 Å². The Hall–Kier alpha value is -1.95. The largest absolute Gasteiger partial charge is 0.348 e. The monoisotopic (exact) mass is 304 g/mol. The topological polar surface area (TPSA) is 65.5 Å². The molecule has 0 saturated carbocycles. The summed E-state index contributed by atoms with van der Waals surface area (Å²) >= 11 is 0. The van der Waals surface area contributed by atoms with Crippen LogP contribution in [0.15, 0.2) is 18.3 Å². The molecule has 0 aromatic carbocycles. The molecule has 1 aromatic heterocycles. The molecule has 2 rings (SSSR count). The second kappa shape index (κ2) is 7.35. The fourth-order valence-corrected chi connectivity index (χ4v) is 2.28. The van der Waals surface area contributed by atoms with Gasteiger partial charge in [0, 0.05) is 44.0 Å². The van der Waals surface area contributed by atoms with Crippen molar-refractivity contribution in [2.45, 2.75) is 26.3 Å². The maximum atomic E-state index is 12.5. The Morgan fingerprint density at radius 3 is 2.64 bits per heavy atom. The summed E-state index contributed by atoms with van der Waals surface area (Å²) in [5.74, 6) is -0.268. The maximum Gasteiger partial charge on any atom is 0.270 e. The van der Waals surface area contributed by atoms with E-state index in [9.17, 15) is 9.59 Å². The lowest BCUT2D eigenvalue weighted by Gasteiger charge is -2.32. The van der Waals surface area contributed by atoms with Crippen LogP contribution in [-0.4, -0.2) is 65.9 Å². The molecule has 1 fully saturated rings. The Kier molecular flexibility index (Phi) is 5.49. The van der Waals surface area contributed by atoms with E-state index in [0.717, 1.165) is 19.5 Å². The molecule has 6 nitrogen and oxygen atoms in total. The molecule has 22 heavy (non-hydrogen) atoms. The normalized spacial score (nSPS) is 17.1. The minimum Gasteiger partial charge on any atom is -0.348 e. The first-order chi connectivity index (χ1) is 10.5. The molecular formula is C16H24N4O2. The molecule has 0 bridgehead atoms. The van der Waals surface area contributed by atoms with Gasteiger partial charge in [-0.05, 0) is 32.5 Å². The number of nitrogens with one attached hydrogen (secondary N) is 1. The zero-order valence-corrected chi connectivity index (χ0v) is 13.5. The molecule has 120 valence electrons. The van der Waals surface area contributed by atoms with E-state index in [-0.39, 0.29) is 17.9 Å². The SMILES string of the molecule is CCC(C)NC(=O)c1cc(C(=O)N2CCN(C)CC2)ccn1. The Morgan fingerprint density at radius 1 is 1.32 bits per heavy atom. The Labute approximate surface area is 131 Å². The lowest BCUT2D eigenvalue weighted by Crippen LogP contribution is -2.47. The number of rotatable bonds is 4. The molecular weight excluding hydrogens is 280 g/mol. The first-order valence-corrected chi connectivity index (χ1v) is 7.76. The van der Waals surface area contributed by atoms with Gasteiger partial charge >= 0.3 is 0 Å². The number of hydrogen-bond acceptors (Lipinski definition) is 4. The maximum absolute atomic E-state index is 12.5. The number of carbonyl (C=O) groups is 2.